The SMILES string of the molecule is NCOCCC1Cc2cccc(C(=O)O)c2OB1O. The van der Waals surface area contributed by atoms with Crippen molar-refractivity contribution < 1.29 is 24.3 Å². The van der Waals surface area contributed by atoms with Crippen LogP contribution in [-0.4, -0.2) is 36.6 Å². The molecule has 1 aromatic rings. The van der Waals surface area contributed by atoms with E-state index in [4.69, 9.17) is 20.2 Å². The van der Waals surface area contributed by atoms with Gasteiger partial charge in [-0.1, -0.05) is 12.1 Å². The zero-order chi connectivity index (χ0) is 13.8. The number of ether oxygens (including phenoxy) is 1. The van der Waals surface area contributed by atoms with Crippen LogP contribution in [-0.2, 0) is 11.2 Å². The fourth-order valence-electron chi connectivity index (χ4n) is 2.22. The molecule has 1 unspecified atom stereocenters. The molecule has 1 atom stereocenters. The van der Waals surface area contributed by atoms with Crippen LogP contribution in [0.5, 0.6) is 5.75 Å². The number of hydrogen-bond acceptors (Lipinski definition) is 5. The highest BCUT2D eigenvalue weighted by molar-refractivity contribution is 6.46. The highest BCUT2D eigenvalue weighted by Gasteiger charge is 2.36. The maximum Gasteiger partial charge on any atom is 0.526 e. The minimum atomic E-state index is -1.06. The van der Waals surface area contributed by atoms with Gasteiger partial charge in [0.15, 0.2) is 0 Å². The zero-order valence-corrected chi connectivity index (χ0v) is 10.4. The Morgan fingerprint density at radius 3 is 3.05 bits per heavy atom. The number of rotatable bonds is 5. The lowest BCUT2D eigenvalue weighted by atomic mass is 9.65. The van der Waals surface area contributed by atoms with Gasteiger partial charge in [0.25, 0.3) is 0 Å². The second kappa shape index (κ2) is 6.05. The van der Waals surface area contributed by atoms with Crippen molar-refractivity contribution in [3.63, 3.8) is 0 Å². The maximum atomic E-state index is 11.1. The standard InChI is InChI=1S/C12H16BNO5/c14-7-18-5-4-9-6-8-2-1-3-10(12(15)16)11(8)19-13(9)17/h1-3,9,17H,4-7,14H2,(H,15,16). The first-order valence-electron chi connectivity index (χ1n) is 6.11. The fourth-order valence-corrected chi connectivity index (χ4v) is 2.22. The van der Waals surface area contributed by atoms with Gasteiger partial charge in [0.1, 0.15) is 5.75 Å². The van der Waals surface area contributed by atoms with Crippen molar-refractivity contribution in [3.8, 4) is 5.75 Å². The third kappa shape index (κ3) is 3.06. The van der Waals surface area contributed by atoms with Gasteiger partial charge >= 0.3 is 13.1 Å². The first-order chi connectivity index (χ1) is 9.13. The first-order valence-corrected chi connectivity index (χ1v) is 6.11. The highest BCUT2D eigenvalue weighted by Crippen LogP contribution is 2.35. The Morgan fingerprint density at radius 1 is 1.58 bits per heavy atom. The third-order valence-electron chi connectivity index (χ3n) is 3.20. The summed E-state index contributed by atoms with van der Waals surface area (Å²) < 4.78 is 10.4. The van der Waals surface area contributed by atoms with Crippen LogP contribution in [0, 0.1) is 0 Å². The molecule has 0 amide bonds. The molecular weight excluding hydrogens is 249 g/mol. The van der Waals surface area contributed by atoms with Gasteiger partial charge in [-0.2, -0.15) is 0 Å². The average Bonchev–Trinajstić information content (AvgIpc) is 2.38. The van der Waals surface area contributed by atoms with Crippen LogP contribution in [0.15, 0.2) is 18.2 Å². The summed E-state index contributed by atoms with van der Waals surface area (Å²) in [6, 6.07) is 4.95. The molecule has 1 heterocycles. The second-order valence-corrected chi connectivity index (χ2v) is 4.44. The van der Waals surface area contributed by atoms with Gasteiger partial charge in [-0.15, -0.1) is 0 Å². The minimum Gasteiger partial charge on any atom is -0.535 e. The normalized spacial score (nSPS) is 17.8. The summed E-state index contributed by atoms with van der Waals surface area (Å²) in [5.41, 5.74) is 6.10. The molecule has 0 aliphatic carbocycles. The topological polar surface area (TPSA) is 102 Å². The largest absolute Gasteiger partial charge is 0.535 e. The molecule has 19 heavy (non-hydrogen) atoms. The van der Waals surface area contributed by atoms with E-state index in [9.17, 15) is 9.82 Å². The number of carboxylic acids is 1. The molecule has 0 saturated carbocycles. The third-order valence-corrected chi connectivity index (χ3v) is 3.20. The lowest BCUT2D eigenvalue weighted by molar-refractivity contribution is 0.0694. The Morgan fingerprint density at radius 2 is 2.37 bits per heavy atom. The molecule has 0 aromatic heterocycles. The molecule has 1 aliphatic rings. The summed E-state index contributed by atoms with van der Waals surface area (Å²) in [5, 5.41) is 19.0. The summed E-state index contributed by atoms with van der Waals surface area (Å²) in [4.78, 5) is 11.1. The molecule has 0 fully saturated rings. The number of carboxylic acid groups (broad SMARTS) is 1. The number of fused-ring (bicyclic) bond motifs is 1. The minimum absolute atomic E-state index is 0.0770. The highest BCUT2D eigenvalue weighted by atomic mass is 16.5. The molecule has 7 heteroatoms. The van der Waals surface area contributed by atoms with Crippen molar-refractivity contribution in [1.82, 2.24) is 0 Å². The summed E-state index contributed by atoms with van der Waals surface area (Å²) in [6.45, 7) is 0.582. The summed E-state index contributed by atoms with van der Waals surface area (Å²) in [7, 11) is -1.02. The Hall–Kier alpha value is -1.57. The smallest absolute Gasteiger partial charge is 0.526 e. The van der Waals surface area contributed by atoms with Crippen molar-refractivity contribution in [1.29, 1.82) is 0 Å². The molecule has 4 N–H and O–H groups in total. The van der Waals surface area contributed by atoms with E-state index in [0.29, 0.717) is 19.4 Å². The number of nitrogens with two attached hydrogens (primary N) is 1. The van der Waals surface area contributed by atoms with Crippen LogP contribution in [0.2, 0.25) is 5.82 Å². The van der Waals surface area contributed by atoms with Crippen LogP contribution >= 0.6 is 0 Å². The van der Waals surface area contributed by atoms with Crippen LogP contribution in [0.1, 0.15) is 22.3 Å². The fraction of sp³-hybridized carbons (Fsp3) is 0.417. The zero-order valence-electron chi connectivity index (χ0n) is 10.4. The van der Waals surface area contributed by atoms with E-state index < -0.39 is 13.1 Å². The predicted molar refractivity (Wildman–Crippen MR) is 69.1 cm³/mol. The van der Waals surface area contributed by atoms with Crippen LogP contribution < -0.4 is 10.4 Å². The number of benzene rings is 1. The first kappa shape index (κ1) is 13.9. The second-order valence-electron chi connectivity index (χ2n) is 4.44. The number of para-hydroxylation sites is 1. The Kier molecular flexibility index (Phi) is 4.41. The number of aromatic carboxylic acids is 1. The van der Waals surface area contributed by atoms with Crippen LogP contribution in [0.3, 0.4) is 0 Å². The van der Waals surface area contributed by atoms with Crippen molar-refractivity contribution >= 4 is 13.1 Å². The molecule has 6 nitrogen and oxygen atoms in total. The van der Waals surface area contributed by atoms with Crippen molar-refractivity contribution in [2.24, 2.45) is 5.73 Å². The van der Waals surface area contributed by atoms with E-state index in [-0.39, 0.29) is 23.9 Å². The van der Waals surface area contributed by atoms with Gasteiger partial charge in [-0.25, -0.2) is 4.79 Å². The molecule has 102 valence electrons. The van der Waals surface area contributed by atoms with Gasteiger partial charge in [0.2, 0.25) is 0 Å². The van der Waals surface area contributed by atoms with Crippen molar-refractivity contribution in [2.75, 3.05) is 13.3 Å². The van der Waals surface area contributed by atoms with E-state index in [1.54, 1.807) is 6.07 Å². The van der Waals surface area contributed by atoms with E-state index in [0.717, 1.165) is 5.56 Å². The number of carbonyl (C=O) groups is 1. The monoisotopic (exact) mass is 265 g/mol. The molecule has 1 aromatic carbocycles. The van der Waals surface area contributed by atoms with Gasteiger partial charge in [-0.05, 0) is 24.5 Å². The maximum absolute atomic E-state index is 11.1. The van der Waals surface area contributed by atoms with E-state index >= 15 is 0 Å². The predicted octanol–water partition coefficient (Wildman–Crippen LogP) is 0.493. The Balaban J connectivity index is 2.15. The average molecular weight is 265 g/mol. The molecule has 0 radical (unpaired) electrons. The number of hydrogen-bond donors (Lipinski definition) is 3. The molecule has 2 rings (SSSR count). The molecule has 0 saturated heterocycles. The van der Waals surface area contributed by atoms with Gasteiger partial charge in [-0.3, -0.25) is 0 Å². The molecule has 1 aliphatic heterocycles. The molecule has 0 spiro atoms. The Bertz CT molecular complexity index is 467. The molecule has 0 bridgehead atoms. The lowest BCUT2D eigenvalue weighted by Gasteiger charge is -2.28. The summed E-state index contributed by atoms with van der Waals surface area (Å²) in [6.07, 6.45) is 1.17. The van der Waals surface area contributed by atoms with Crippen molar-refractivity contribution in [2.45, 2.75) is 18.7 Å². The van der Waals surface area contributed by atoms with E-state index in [2.05, 4.69) is 0 Å². The Labute approximate surface area is 111 Å². The summed E-state index contributed by atoms with van der Waals surface area (Å²) >= 11 is 0. The van der Waals surface area contributed by atoms with E-state index in [1.807, 2.05) is 6.07 Å². The quantitative estimate of drug-likeness (QED) is 0.407. The molecular formula is C12H16BNO5. The van der Waals surface area contributed by atoms with Crippen molar-refractivity contribution in [3.05, 3.63) is 29.3 Å². The van der Waals surface area contributed by atoms with Crippen LogP contribution in [0.4, 0.5) is 0 Å². The van der Waals surface area contributed by atoms with Crippen LogP contribution in [0.25, 0.3) is 0 Å². The van der Waals surface area contributed by atoms with E-state index in [1.165, 1.54) is 6.07 Å². The van der Waals surface area contributed by atoms with Gasteiger partial charge in [0, 0.05) is 12.4 Å². The van der Waals surface area contributed by atoms with Gasteiger partial charge in [0.05, 0.1) is 12.3 Å². The lowest BCUT2D eigenvalue weighted by Crippen LogP contribution is -2.35. The summed E-state index contributed by atoms with van der Waals surface area (Å²) in [5.74, 6) is -0.921. The van der Waals surface area contributed by atoms with Gasteiger partial charge < -0.3 is 25.3 Å².